The van der Waals surface area contributed by atoms with Crippen LogP contribution in [0.4, 0.5) is 0 Å². The molecule has 200 valence electrons. The van der Waals surface area contributed by atoms with Crippen LogP contribution < -0.4 is 10.6 Å². The summed E-state index contributed by atoms with van der Waals surface area (Å²) in [7, 11) is 1.65. The van der Waals surface area contributed by atoms with Crippen LogP contribution >= 0.6 is 0 Å². The number of rotatable bonds is 2. The monoisotopic (exact) mass is 516 g/mol. The van der Waals surface area contributed by atoms with Gasteiger partial charge in [-0.25, -0.2) is 0 Å². The van der Waals surface area contributed by atoms with Crippen LogP contribution in [0.15, 0.2) is 36.4 Å². The van der Waals surface area contributed by atoms with Crippen molar-refractivity contribution >= 4 is 17.8 Å². The first kappa shape index (κ1) is 25.1. The van der Waals surface area contributed by atoms with E-state index in [2.05, 4.69) is 35.8 Å². The minimum absolute atomic E-state index is 0.0615. The highest BCUT2D eigenvalue weighted by Gasteiger charge is 2.46. The van der Waals surface area contributed by atoms with Gasteiger partial charge in [0.2, 0.25) is 5.91 Å². The van der Waals surface area contributed by atoms with Gasteiger partial charge in [-0.15, -0.1) is 0 Å². The third-order valence-corrected chi connectivity index (χ3v) is 9.16. The fraction of sp³-hybridized carbons (Fsp3) is 0.500. The van der Waals surface area contributed by atoms with Gasteiger partial charge in [-0.2, -0.15) is 0 Å². The van der Waals surface area contributed by atoms with E-state index in [9.17, 15) is 14.7 Å². The fourth-order valence-electron chi connectivity index (χ4n) is 6.96. The number of hydrogen-bond donors (Lipinski definition) is 4. The lowest BCUT2D eigenvalue weighted by Crippen LogP contribution is -2.62. The highest BCUT2D eigenvalue weighted by Crippen LogP contribution is 2.46. The molecule has 38 heavy (non-hydrogen) atoms. The molecule has 0 spiro atoms. The lowest BCUT2D eigenvalue weighted by Gasteiger charge is -2.45. The zero-order chi connectivity index (χ0) is 26.6. The maximum atomic E-state index is 13.6. The number of guanidine groups is 1. The van der Waals surface area contributed by atoms with E-state index in [-0.39, 0.29) is 29.9 Å². The Kier molecular flexibility index (Phi) is 6.27. The Balaban J connectivity index is 1.42. The maximum absolute atomic E-state index is 13.6. The summed E-state index contributed by atoms with van der Waals surface area (Å²) >= 11 is 0. The predicted octanol–water partition coefficient (Wildman–Crippen LogP) is 3.84. The number of ether oxygens (including phenoxy) is 1. The summed E-state index contributed by atoms with van der Waals surface area (Å²) in [5, 5.41) is 26.2. The number of methoxy groups -OCH3 is 1. The van der Waals surface area contributed by atoms with Crippen LogP contribution in [-0.2, 0) is 22.4 Å². The number of aryl methyl sites for hydroxylation is 1. The standard InChI is InChI=1S/C30H36N4O4/c1-3-30-11-5-4-6-17-7-8-18-14-24(35)27(21(18)12-17)32-28(37)19-9-10-20-22(13-19)23(15-25(20)38-2)34(26(36)16-30)29(31)33-30/h7-10,12-13,23-25,27,35H,3-6,11,14-16H2,1-2H3,(H2,31,33)(H,32,37)/t23-,24-,25+,27-,30-/m1/s1. The van der Waals surface area contributed by atoms with E-state index >= 15 is 0 Å². The molecule has 1 saturated heterocycles. The zero-order valence-corrected chi connectivity index (χ0v) is 22.0. The maximum Gasteiger partial charge on any atom is 0.251 e. The molecule has 0 radical (unpaired) electrons. The second-order valence-electron chi connectivity index (χ2n) is 11.3. The predicted molar refractivity (Wildman–Crippen MR) is 143 cm³/mol. The van der Waals surface area contributed by atoms with Crippen LogP contribution in [0.2, 0.25) is 0 Å². The van der Waals surface area contributed by atoms with Gasteiger partial charge in [0.25, 0.3) is 5.91 Å². The van der Waals surface area contributed by atoms with Gasteiger partial charge in [-0.05, 0) is 65.6 Å². The van der Waals surface area contributed by atoms with E-state index in [0.717, 1.165) is 54.4 Å². The highest BCUT2D eigenvalue weighted by atomic mass is 16.5. The summed E-state index contributed by atoms with van der Waals surface area (Å²) in [5.41, 5.74) is 5.08. The normalized spacial score (nSPS) is 30.6. The van der Waals surface area contributed by atoms with Gasteiger partial charge in [0.15, 0.2) is 5.96 Å². The molecule has 0 saturated carbocycles. The number of aliphatic hydroxyl groups excluding tert-OH is 1. The number of fused-ring (bicyclic) bond motifs is 6. The molecule has 7 rings (SSSR count). The van der Waals surface area contributed by atoms with Crippen LogP contribution in [-0.4, -0.2) is 46.5 Å². The van der Waals surface area contributed by atoms with Crippen molar-refractivity contribution in [1.82, 2.24) is 15.5 Å². The van der Waals surface area contributed by atoms with Crippen molar-refractivity contribution < 1.29 is 19.4 Å². The number of carbonyl (C=O) groups is 2. The third kappa shape index (κ3) is 4.10. The number of carbonyl (C=O) groups excluding carboxylic acids is 2. The summed E-state index contributed by atoms with van der Waals surface area (Å²) < 4.78 is 5.75. The molecule has 2 aromatic rings. The van der Waals surface area contributed by atoms with E-state index < -0.39 is 17.7 Å². The van der Waals surface area contributed by atoms with Crippen molar-refractivity contribution in [2.75, 3.05) is 7.11 Å². The molecule has 3 aliphatic heterocycles. The number of amides is 2. The third-order valence-electron chi connectivity index (χ3n) is 9.16. The summed E-state index contributed by atoms with van der Waals surface area (Å²) in [6, 6.07) is 11.0. The Labute approximate surface area is 223 Å². The molecule has 1 fully saturated rings. The molecule has 5 aliphatic rings. The SMILES string of the molecule is CC[C@]12CCCCc3ccc4c(c3)[C@@H](NC(=O)c3ccc5c(c3)[C@@H](C[C@@H]5OC)N(C(=N)N1)C(=O)C2)[C@H](O)C4. The Morgan fingerprint density at radius 3 is 2.74 bits per heavy atom. The minimum atomic E-state index is -0.676. The van der Waals surface area contributed by atoms with Crippen molar-refractivity contribution in [3.8, 4) is 0 Å². The van der Waals surface area contributed by atoms with Crippen LogP contribution in [0, 0.1) is 5.41 Å². The van der Waals surface area contributed by atoms with Gasteiger partial charge in [0.05, 0.1) is 30.7 Å². The lowest BCUT2D eigenvalue weighted by molar-refractivity contribution is -0.133. The zero-order valence-electron chi connectivity index (χ0n) is 22.0. The Bertz CT molecular complexity index is 1290. The molecule has 2 aromatic carbocycles. The molecule has 2 amide bonds. The van der Waals surface area contributed by atoms with E-state index in [1.807, 2.05) is 12.1 Å². The quantitative estimate of drug-likeness (QED) is 0.484. The van der Waals surface area contributed by atoms with Gasteiger partial charge in [0.1, 0.15) is 0 Å². The highest BCUT2D eigenvalue weighted by molar-refractivity contribution is 6.00. The molecular weight excluding hydrogens is 480 g/mol. The average molecular weight is 517 g/mol. The second-order valence-corrected chi connectivity index (χ2v) is 11.3. The largest absolute Gasteiger partial charge is 0.390 e. The molecule has 8 nitrogen and oxygen atoms in total. The van der Waals surface area contributed by atoms with Crippen LogP contribution in [0.1, 0.15) is 102 Å². The molecular formula is C30H36N4O4. The summed E-state index contributed by atoms with van der Waals surface area (Å²) in [6.07, 6.45) is 4.85. The smallest absolute Gasteiger partial charge is 0.251 e. The average Bonchev–Trinajstić information content (AvgIpc) is 3.42. The van der Waals surface area contributed by atoms with Gasteiger partial charge in [-0.1, -0.05) is 37.6 Å². The Hall–Kier alpha value is -3.23. The summed E-state index contributed by atoms with van der Waals surface area (Å²) in [6.45, 7) is 2.08. The number of nitrogens with zero attached hydrogens (tertiary/aromatic N) is 1. The van der Waals surface area contributed by atoms with Crippen LogP contribution in [0.3, 0.4) is 0 Å². The number of hydrogen-bond acceptors (Lipinski definition) is 5. The fourth-order valence-corrected chi connectivity index (χ4v) is 6.96. The second kappa shape index (κ2) is 9.50. The van der Waals surface area contributed by atoms with Crippen molar-refractivity contribution in [1.29, 1.82) is 5.41 Å². The van der Waals surface area contributed by atoms with Gasteiger partial charge in [-0.3, -0.25) is 19.9 Å². The number of nitrogens with one attached hydrogen (secondary N) is 3. The van der Waals surface area contributed by atoms with Crippen molar-refractivity contribution in [3.05, 3.63) is 69.8 Å². The molecule has 2 aliphatic carbocycles. The number of benzene rings is 2. The van der Waals surface area contributed by atoms with Crippen molar-refractivity contribution in [2.24, 2.45) is 0 Å². The lowest BCUT2D eigenvalue weighted by atomic mass is 9.83. The van der Waals surface area contributed by atoms with Crippen LogP contribution in [0.5, 0.6) is 0 Å². The van der Waals surface area contributed by atoms with E-state index in [1.165, 1.54) is 5.56 Å². The molecule has 5 atom stereocenters. The first-order chi connectivity index (χ1) is 18.3. The van der Waals surface area contributed by atoms with Crippen LogP contribution in [0.25, 0.3) is 0 Å². The topological polar surface area (TPSA) is 115 Å². The Morgan fingerprint density at radius 2 is 1.97 bits per heavy atom. The summed E-state index contributed by atoms with van der Waals surface area (Å²) in [4.78, 5) is 28.7. The van der Waals surface area contributed by atoms with E-state index in [4.69, 9.17) is 10.1 Å². The molecule has 4 N–H and O–H groups in total. The first-order valence-corrected chi connectivity index (χ1v) is 13.8. The van der Waals surface area contributed by atoms with Gasteiger partial charge in [0, 0.05) is 31.1 Å². The molecule has 0 unspecified atom stereocenters. The minimum Gasteiger partial charge on any atom is -0.390 e. The van der Waals surface area contributed by atoms with Crippen molar-refractivity contribution in [3.63, 3.8) is 0 Å². The molecule has 6 bridgehead atoms. The van der Waals surface area contributed by atoms with Gasteiger partial charge >= 0.3 is 0 Å². The molecule has 8 heteroatoms. The molecule has 0 aromatic heterocycles. The first-order valence-electron chi connectivity index (χ1n) is 13.8. The number of aliphatic hydroxyl groups is 1. The Morgan fingerprint density at radius 1 is 1.13 bits per heavy atom. The molecule has 3 heterocycles. The summed E-state index contributed by atoms with van der Waals surface area (Å²) in [5.74, 6) is -0.200. The van der Waals surface area contributed by atoms with Gasteiger partial charge < -0.3 is 20.5 Å². The van der Waals surface area contributed by atoms with E-state index in [1.54, 1.807) is 18.1 Å². The van der Waals surface area contributed by atoms with Crippen molar-refractivity contribution in [2.45, 2.75) is 88.1 Å². The van der Waals surface area contributed by atoms with E-state index in [0.29, 0.717) is 24.8 Å².